The van der Waals surface area contributed by atoms with Gasteiger partial charge in [0.15, 0.2) is 0 Å². The quantitative estimate of drug-likeness (QED) is 0.137. The second-order valence-corrected chi connectivity index (χ2v) is 18.4. The van der Waals surface area contributed by atoms with E-state index >= 15 is 0 Å². The highest BCUT2D eigenvalue weighted by molar-refractivity contribution is 6.12. The van der Waals surface area contributed by atoms with E-state index in [1.807, 2.05) is 6.20 Å². The Bertz CT molecular complexity index is 3810. The molecule has 342 valence electrons. The number of benzene rings is 10. The Balaban J connectivity index is 1.05. The number of fused-ring (bicyclic) bond motifs is 6. The first-order valence-corrected chi connectivity index (χ1v) is 24.5. The van der Waals surface area contributed by atoms with Gasteiger partial charge >= 0.3 is 0 Å². The van der Waals surface area contributed by atoms with Crippen molar-refractivity contribution in [2.24, 2.45) is 0 Å². The molecule has 0 fully saturated rings. The van der Waals surface area contributed by atoms with E-state index in [1.54, 1.807) is 12.4 Å². The lowest BCUT2D eigenvalue weighted by Gasteiger charge is -2.25. The molecule has 0 saturated carbocycles. The van der Waals surface area contributed by atoms with Crippen molar-refractivity contribution in [1.82, 2.24) is 19.1 Å². The van der Waals surface area contributed by atoms with E-state index in [4.69, 9.17) is 4.98 Å². The molecule has 0 aliphatic heterocycles. The summed E-state index contributed by atoms with van der Waals surface area (Å²) < 4.78 is 4.91. The lowest BCUT2D eigenvalue weighted by atomic mass is 9.92. The molecular formula is C66H48N6. The van der Waals surface area contributed by atoms with Gasteiger partial charge in [-0.25, -0.2) is 0 Å². The Hall–Kier alpha value is -9.52. The molecule has 0 saturated heterocycles. The molecule has 0 radical (unpaired) electrons. The van der Waals surface area contributed by atoms with Crippen molar-refractivity contribution in [3.05, 3.63) is 266 Å². The molecule has 0 unspecified atom stereocenters. The van der Waals surface area contributed by atoms with Crippen LogP contribution in [0.25, 0.3) is 77.4 Å². The van der Waals surface area contributed by atoms with E-state index in [1.165, 1.54) is 32.7 Å². The van der Waals surface area contributed by atoms with Crippen LogP contribution in [0, 0.1) is 13.8 Å². The number of aromatic nitrogens is 4. The Kier molecular flexibility index (Phi) is 10.5. The number of nitrogens with zero attached hydrogens (tertiary/aromatic N) is 6. The molecule has 0 aliphatic rings. The van der Waals surface area contributed by atoms with Crippen LogP contribution < -0.4 is 9.80 Å². The van der Waals surface area contributed by atoms with Crippen LogP contribution in [0.15, 0.2) is 255 Å². The van der Waals surface area contributed by atoms with Crippen LogP contribution in [-0.4, -0.2) is 19.1 Å². The summed E-state index contributed by atoms with van der Waals surface area (Å²) >= 11 is 0. The first-order chi connectivity index (χ1) is 35.6. The van der Waals surface area contributed by atoms with Crippen molar-refractivity contribution in [2.75, 3.05) is 9.80 Å². The number of hydrogen-bond donors (Lipinski definition) is 0. The normalized spacial score (nSPS) is 11.5. The summed E-state index contributed by atoms with van der Waals surface area (Å²) in [7, 11) is 0. The van der Waals surface area contributed by atoms with Gasteiger partial charge in [0.2, 0.25) is 0 Å². The van der Waals surface area contributed by atoms with Crippen molar-refractivity contribution >= 4 is 77.7 Å². The maximum absolute atomic E-state index is 4.69. The average molecular weight is 925 g/mol. The van der Waals surface area contributed by atoms with Crippen molar-refractivity contribution in [3.8, 4) is 33.8 Å². The Morgan fingerprint density at radius 1 is 0.333 bits per heavy atom. The molecule has 0 atom stereocenters. The van der Waals surface area contributed by atoms with E-state index in [2.05, 4.69) is 274 Å². The fraction of sp³-hybridized carbons (Fsp3) is 0.0303. The lowest BCUT2D eigenvalue weighted by molar-refractivity contribution is 1.13. The van der Waals surface area contributed by atoms with Gasteiger partial charge in [0, 0.05) is 85.0 Å². The second-order valence-electron chi connectivity index (χ2n) is 18.4. The van der Waals surface area contributed by atoms with Crippen LogP contribution in [0.1, 0.15) is 11.1 Å². The van der Waals surface area contributed by atoms with Gasteiger partial charge < -0.3 is 18.9 Å². The van der Waals surface area contributed by atoms with Gasteiger partial charge in [0.25, 0.3) is 0 Å². The smallest absolute Gasteiger partial charge is 0.0887 e. The van der Waals surface area contributed by atoms with Crippen LogP contribution in [-0.2, 0) is 0 Å². The molecule has 3 aromatic heterocycles. The molecular weight excluding hydrogens is 877 g/mol. The predicted octanol–water partition coefficient (Wildman–Crippen LogP) is 17.6. The minimum absolute atomic E-state index is 0.865. The number of hydrogen-bond acceptors (Lipinski definition) is 4. The SMILES string of the molecule is Cc1c(-c2cc(-n3c4ccccc4c4cc(N(c5ccccc5)c5ccccc5)ccc43)cc(-n3c4ccccc4c4cc(N(c5ccccc5)c5ccccc5)ccc43)c2)ccc(-c2cnccn2)c1C. The first-order valence-electron chi connectivity index (χ1n) is 24.5. The maximum Gasteiger partial charge on any atom is 0.0887 e. The summed E-state index contributed by atoms with van der Waals surface area (Å²) in [4.78, 5) is 13.8. The van der Waals surface area contributed by atoms with E-state index < -0.39 is 0 Å². The summed E-state index contributed by atoms with van der Waals surface area (Å²) in [6.45, 7) is 4.43. The molecule has 3 heterocycles. The molecule has 10 aromatic carbocycles. The molecule has 6 heteroatoms. The van der Waals surface area contributed by atoms with Crippen LogP contribution in [0.4, 0.5) is 34.1 Å². The van der Waals surface area contributed by atoms with Gasteiger partial charge in [0.1, 0.15) is 0 Å². The second kappa shape index (κ2) is 17.8. The van der Waals surface area contributed by atoms with Crippen LogP contribution in [0.3, 0.4) is 0 Å². The van der Waals surface area contributed by atoms with Gasteiger partial charge in [-0.1, -0.05) is 121 Å². The molecule has 13 aromatic rings. The monoisotopic (exact) mass is 924 g/mol. The van der Waals surface area contributed by atoms with Crippen LogP contribution >= 0.6 is 0 Å². The zero-order chi connectivity index (χ0) is 48.1. The maximum atomic E-state index is 4.69. The molecule has 13 rings (SSSR count). The number of anilines is 6. The van der Waals surface area contributed by atoms with Crippen molar-refractivity contribution in [2.45, 2.75) is 13.8 Å². The third-order valence-electron chi connectivity index (χ3n) is 14.2. The van der Waals surface area contributed by atoms with Gasteiger partial charge in [0.05, 0.1) is 34.0 Å². The van der Waals surface area contributed by atoms with Crippen molar-refractivity contribution in [3.63, 3.8) is 0 Å². The third-order valence-corrected chi connectivity index (χ3v) is 14.2. The third kappa shape index (κ3) is 7.28. The van der Waals surface area contributed by atoms with Gasteiger partial charge in [-0.3, -0.25) is 9.97 Å². The molecule has 6 nitrogen and oxygen atoms in total. The highest BCUT2D eigenvalue weighted by atomic mass is 15.1. The lowest BCUT2D eigenvalue weighted by Crippen LogP contribution is -2.09. The molecule has 0 spiro atoms. The van der Waals surface area contributed by atoms with E-state index in [9.17, 15) is 0 Å². The molecule has 0 N–H and O–H groups in total. The number of rotatable bonds is 10. The van der Waals surface area contributed by atoms with E-state index in [0.29, 0.717) is 0 Å². The predicted molar refractivity (Wildman–Crippen MR) is 300 cm³/mol. The minimum atomic E-state index is 0.865. The Morgan fingerprint density at radius 2 is 0.736 bits per heavy atom. The average Bonchev–Trinajstić information content (AvgIpc) is 3.96. The molecule has 0 amide bonds. The zero-order valence-corrected chi connectivity index (χ0v) is 39.9. The molecule has 72 heavy (non-hydrogen) atoms. The fourth-order valence-electron chi connectivity index (χ4n) is 10.8. The van der Waals surface area contributed by atoms with Crippen LogP contribution in [0.2, 0.25) is 0 Å². The van der Waals surface area contributed by atoms with Gasteiger partial charge in [-0.2, -0.15) is 0 Å². The Labute approximate surface area is 418 Å². The first kappa shape index (κ1) is 42.6. The summed E-state index contributed by atoms with van der Waals surface area (Å²) in [5.74, 6) is 0. The summed E-state index contributed by atoms with van der Waals surface area (Å²) in [6, 6.07) is 85.6. The van der Waals surface area contributed by atoms with Crippen molar-refractivity contribution in [1.29, 1.82) is 0 Å². The summed E-state index contributed by atoms with van der Waals surface area (Å²) in [6.07, 6.45) is 5.33. The molecule has 0 bridgehead atoms. The van der Waals surface area contributed by atoms with Crippen molar-refractivity contribution < 1.29 is 0 Å². The highest BCUT2D eigenvalue weighted by Gasteiger charge is 2.22. The fourth-order valence-corrected chi connectivity index (χ4v) is 10.8. The largest absolute Gasteiger partial charge is 0.310 e. The summed E-state index contributed by atoms with van der Waals surface area (Å²) in [5, 5.41) is 4.73. The van der Waals surface area contributed by atoms with E-state index in [0.717, 1.165) is 90.0 Å². The number of para-hydroxylation sites is 6. The van der Waals surface area contributed by atoms with Gasteiger partial charge in [-0.05, 0) is 151 Å². The zero-order valence-electron chi connectivity index (χ0n) is 39.9. The summed E-state index contributed by atoms with van der Waals surface area (Å²) in [5.41, 5.74) is 19.9. The standard InChI is InChI=1S/C66H48N6/c1-45-46(2)57(62-44-67-37-38-68-62)34-33-56(45)47-39-54(71-63-29-17-15-27-58(63)60-42-52(31-35-65(60)71)69(48-19-7-3-8-20-48)49-21-9-4-10-22-49)41-55(40-47)72-64-30-18-16-28-59(64)61-43-53(32-36-66(61)72)70(50-23-11-5-12-24-50)51-25-13-6-14-26-51/h3-44H,1-2H3. The van der Waals surface area contributed by atoms with E-state index in [-0.39, 0.29) is 0 Å². The highest BCUT2D eigenvalue weighted by Crippen LogP contribution is 2.44. The van der Waals surface area contributed by atoms with Crippen LogP contribution in [0.5, 0.6) is 0 Å². The minimum Gasteiger partial charge on any atom is -0.310 e. The Morgan fingerprint density at radius 3 is 1.18 bits per heavy atom. The van der Waals surface area contributed by atoms with Gasteiger partial charge in [-0.15, -0.1) is 0 Å². The molecule has 0 aliphatic carbocycles. The topological polar surface area (TPSA) is 42.1 Å².